The average Bonchev–Trinajstić information content (AvgIpc) is 2.46. The summed E-state index contributed by atoms with van der Waals surface area (Å²) in [5, 5.41) is 0. The SMILES string of the molecule is NC(=O)C1CCCCN1C(=O)COc1ccc(I)cc1. The number of nitrogens with two attached hydrogens (primary N) is 1. The molecule has 5 nitrogen and oxygen atoms in total. The van der Waals surface area contributed by atoms with Gasteiger partial charge in [0, 0.05) is 10.1 Å². The number of nitrogens with zero attached hydrogens (tertiary/aromatic N) is 1. The number of amides is 2. The molecule has 1 aliphatic rings. The third-order valence-corrected chi connectivity index (χ3v) is 4.05. The quantitative estimate of drug-likeness (QED) is 0.796. The first kappa shape index (κ1) is 15.1. The summed E-state index contributed by atoms with van der Waals surface area (Å²) < 4.78 is 6.56. The lowest BCUT2D eigenvalue weighted by Crippen LogP contribution is -2.51. The van der Waals surface area contributed by atoms with Crippen LogP contribution in [0.1, 0.15) is 19.3 Å². The van der Waals surface area contributed by atoms with Crippen molar-refractivity contribution in [2.45, 2.75) is 25.3 Å². The fourth-order valence-electron chi connectivity index (χ4n) is 2.28. The number of piperidine rings is 1. The largest absolute Gasteiger partial charge is 0.484 e. The molecule has 0 radical (unpaired) electrons. The van der Waals surface area contributed by atoms with Gasteiger partial charge in [-0.05, 0) is 66.1 Å². The number of hydrogen-bond acceptors (Lipinski definition) is 3. The second-order valence-electron chi connectivity index (χ2n) is 4.74. The standard InChI is InChI=1S/C14H17IN2O3/c15-10-4-6-11(7-5-10)20-9-13(18)17-8-2-1-3-12(17)14(16)19/h4-7,12H,1-3,8-9H2,(H2,16,19). The fraction of sp³-hybridized carbons (Fsp3) is 0.429. The van der Waals surface area contributed by atoms with E-state index in [1.807, 2.05) is 24.3 Å². The predicted molar refractivity (Wildman–Crippen MR) is 83.2 cm³/mol. The molecule has 1 saturated heterocycles. The molecule has 1 atom stereocenters. The Morgan fingerprint density at radius 2 is 2.00 bits per heavy atom. The number of carbonyl (C=O) groups excluding carboxylic acids is 2. The van der Waals surface area contributed by atoms with Crippen molar-refractivity contribution in [2.24, 2.45) is 5.73 Å². The first-order chi connectivity index (χ1) is 9.58. The summed E-state index contributed by atoms with van der Waals surface area (Å²) in [6.45, 7) is 0.507. The minimum atomic E-state index is -0.489. The van der Waals surface area contributed by atoms with E-state index in [0.717, 1.165) is 16.4 Å². The maximum absolute atomic E-state index is 12.1. The molecule has 1 aromatic carbocycles. The monoisotopic (exact) mass is 388 g/mol. The van der Waals surface area contributed by atoms with E-state index in [0.29, 0.717) is 18.7 Å². The molecule has 0 bridgehead atoms. The van der Waals surface area contributed by atoms with E-state index in [4.69, 9.17) is 10.5 Å². The first-order valence-corrected chi connectivity index (χ1v) is 7.63. The van der Waals surface area contributed by atoms with Gasteiger partial charge in [-0.2, -0.15) is 0 Å². The van der Waals surface area contributed by atoms with Crippen LogP contribution in [0.3, 0.4) is 0 Å². The van der Waals surface area contributed by atoms with Crippen molar-refractivity contribution < 1.29 is 14.3 Å². The average molecular weight is 388 g/mol. The van der Waals surface area contributed by atoms with Gasteiger partial charge in [0.2, 0.25) is 5.91 Å². The Kier molecular flexibility index (Phi) is 5.22. The van der Waals surface area contributed by atoms with E-state index in [1.54, 1.807) is 4.90 Å². The van der Waals surface area contributed by atoms with E-state index >= 15 is 0 Å². The molecule has 2 rings (SSSR count). The van der Waals surface area contributed by atoms with Crippen LogP contribution in [-0.2, 0) is 9.59 Å². The first-order valence-electron chi connectivity index (χ1n) is 6.55. The molecular formula is C14H17IN2O3. The Bertz CT molecular complexity index is 490. The molecule has 6 heteroatoms. The van der Waals surface area contributed by atoms with E-state index in [2.05, 4.69) is 22.6 Å². The van der Waals surface area contributed by atoms with Crippen LogP contribution in [-0.4, -0.2) is 35.9 Å². The van der Waals surface area contributed by atoms with Gasteiger partial charge in [0.15, 0.2) is 6.61 Å². The van der Waals surface area contributed by atoms with Crippen LogP contribution in [0.15, 0.2) is 24.3 Å². The van der Waals surface area contributed by atoms with Gasteiger partial charge < -0.3 is 15.4 Å². The lowest BCUT2D eigenvalue weighted by atomic mass is 10.0. The summed E-state index contributed by atoms with van der Waals surface area (Å²) >= 11 is 2.20. The molecule has 0 aliphatic carbocycles. The Labute approximate surface area is 131 Å². The molecule has 0 saturated carbocycles. The van der Waals surface area contributed by atoms with Gasteiger partial charge in [-0.1, -0.05) is 0 Å². The minimum absolute atomic E-state index is 0.0651. The summed E-state index contributed by atoms with van der Waals surface area (Å²) in [4.78, 5) is 25.1. The van der Waals surface area contributed by atoms with Crippen molar-refractivity contribution >= 4 is 34.4 Å². The summed E-state index contributed by atoms with van der Waals surface area (Å²) in [6, 6.07) is 6.96. The smallest absolute Gasteiger partial charge is 0.261 e. The van der Waals surface area contributed by atoms with Gasteiger partial charge in [-0.25, -0.2) is 0 Å². The maximum atomic E-state index is 12.1. The topological polar surface area (TPSA) is 72.6 Å². The van der Waals surface area contributed by atoms with Crippen molar-refractivity contribution in [1.82, 2.24) is 4.90 Å². The molecule has 1 aromatic rings. The molecule has 108 valence electrons. The third kappa shape index (κ3) is 3.84. The van der Waals surface area contributed by atoms with E-state index in [-0.39, 0.29) is 12.5 Å². The number of likely N-dealkylation sites (tertiary alicyclic amines) is 1. The number of ether oxygens (including phenoxy) is 1. The summed E-state index contributed by atoms with van der Waals surface area (Å²) in [6.07, 6.45) is 2.47. The molecule has 1 fully saturated rings. The normalized spacial score (nSPS) is 18.6. The van der Waals surface area contributed by atoms with Gasteiger partial charge in [-0.3, -0.25) is 9.59 Å². The van der Waals surface area contributed by atoms with Gasteiger partial charge in [0.1, 0.15) is 11.8 Å². The highest BCUT2D eigenvalue weighted by atomic mass is 127. The Morgan fingerprint density at radius 3 is 2.65 bits per heavy atom. The van der Waals surface area contributed by atoms with Crippen LogP contribution in [0.5, 0.6) is 5.75 Å². The minimum Gasteiger partial charge on any atom is -0.484 e. The molecule has 0 aromatic heterocycles. The second-order valence-corrected chi connectivity index (χ2v) is 5.99. The number of primary amides is 1. The van der Waals surface area contributed by atoms with Crippen molar-refractivity contribution in [3.8, 4) is 5.75 Å². The predicted octanol–water partition coefficient (Wildman–Crippen LogP) is 1.54. The number of hydrogen-bond donors (Lipinski definition) is 1. The van der Waals surface area contributed by atoms with Crippen molar-refractivity contribution in [2.75, 3.05) is 13.2 Å². The molecular weight excluding hydrogens is 371 g/mol. The van der Waals surface area contributed by atoms with Crippen LogP contribution in [0.2, 0.25) is 0 Å². The highest BCUT2D eigenvalue weighted by molar-refractivity contribution is 14.1. The molecule has 20 heavy (non-hydrogen) atoms. The maximum Gasteiger partial charge on any atom is 0.261 e. The van der Waals surface area contributed by atoms with E-state index in [9.17, 15) is 9.59 Å². The zero-order valence-electron chi connectivity index (χ0n) is 11.0. The van der Waals surface area contributed by atoms with Gasteiger partial charge >= 0.3 is 0 Å². The molecule has 2 amide bonds. The highest BCUT2D eigenvalue weighted by Crippen LogP contribution is 2.18. The van der Waals surface area contributed by atoms with Crippen LogP contribution in [0.4, 0.5) is 0 Å². The van der Waals surface area contributed by atoms with Crippen LogP contribution in [0.25, 0.3) is 0 Å². The second kappa shape index (κ2) is 6.92. The van der Waals surface area contributed by atoms with Crippen LogP contribution in [0, 0.1) is 3.57 Å². The van der Waals surface area contributed by atoms with Crippen LogP contribution >= 0.6 is 22.6 Å². The highest BCUT2D eigenvalue weighted by Gasteiger charge is 2.30. The Hall–Kier alpha value is -1.31. The van der Waals surface area contributed by atoms with Crippen molar-refractivity contribution in [3.63, 3.8) is 0 Å². The van der Waals surface area contributed by atoms with E-state index < -0.39 is 11.9 Å². The summed E-state index contributed by atoms with van der Waals surface area (Å²) in [7, 11) is 0. The molecule has 1 aliphatic heterocycles. The van der Waals surface area contributed by atoms with Gasteiger partial charge in [-0.15, -0.1) is 0 Å². The third-order valence-electron chi connectivity index (χ3n) is 3.33. The fourth-order valence-corrected chi connectivity index (χ4v) is 2.64. The van der Waals surface area contributed by atoms with E-state index in [1.165, 1.54) is 0 Å². The Balaban J connectivity index is 1.93. The summed E-state index contributed by atoms with van der Waals surface area (Å²) in [5.41, 5.74) is 5.34. The molecule has 1 unspecified atom stereocenters. The zero-order valence-corrected chi connectivity index (χ0v) is 13.2. The number of carbonyl (C=O) groups is 2. The summed E-state index contributed by atoms with van der Waals surface area (Å²) in [5.74, 6) is 0.0192. The number of halogens is 1. The van der Waals surface area contributed by atoms with Crippen LogP contribution < -0.4 is 10.5 Å². The number of rotatable bonds is 4. The zero-order chi connectivity index (χ0) is 14.5. The number of benzene rings is 1. The van der Waals surface area contributed by atoms with Crippen molar-refractivity contribution in [3.05, 3.63) is 27.8 Å². The van der Waals surface area contributed by atoms with Gasteiger partial charge in [0.25, 0.3) is 5.91 Å². The molecule has 1 heterocycles. The van der Waals surface area contributed by atoms with Gasteiger partial charge in [0.05, 0.1) is 0 Å². The molecule has 0 spiro atoms. The lowest BCUT2D eigenvalue weighted by molar-refractivity contribution is -0.142. The Morgan fingerprint density at radius 1 is 1.30 bits per heavy atom. The lowest BCUT2D eigenvalue weighted by Gasteiger charge is -2.33. The molecule has 2 N–H and O–H groups in total. The van der Waals surface area contributed by atoms with Crippen molar-refractivity contribution in [1.29, 1.82) is 0 Å².